The van der Waals surface area contributed by atoms with Crippen LogP contribution in [0, 0.1) is 0 Å². The van der Waals surface area contributed by atoms with Crippen LogP contribution in [0.3, 0.4) is 0 Å². The Balaban J connectivity index is 0.00000289. The zero-order valence-corrected chi connectivity index (χ0v) is 21.4. The van der Waals surface area contributed by atoms with E-state index in [1.807, 2.05) is 6.92 Å². The van der Waals surface area contributed by atoms with Crippen molar-refractivity contribution in [3.63, 3.8) is 0 Å². The number of halogens is 1. The standard InChI is InChI=1S/C25H32N4O2.HI/c1-4-30-23-14-20-13-18(2)31-24(20)15-21(23)17-28-25(26-3)27-16-19-7-9-22(10-8-19)29-11-5-6-12-29;/h5-10,14-15,18H,4,11-13,16-17H2,1-3H3,(H2,26,27,28);1H. The SMILES string of the molecule is CCOc1cc2c(cc1CNC(=NC)NCc1ccc(N3CC=CC3)cc1)OC(C)C2.I. The van der Waals surface area contributed by atoms with E-state index in [1.165, 1.54) is 16.8 Å². The van der Waals surface area contributed by atoms with Crippen molar-refractivity contribution in [1.29, 1.82) is 0 Å². The molecule has 2 aliphatic heterocycles. The number of hydrogen-bond acceptors (Lipinski definition) is 4. The molecule has 32 heavy (non-hydrogen) atoms. The summed E-state index contributed by atoms with van der Waals surface area (Å²) < 4.78 is 11.8. The highest BCUT2D eigenvalue weighted by Crippen LogP contribution is 2.35. The maximum absolute atomic E-state index is 5.93. The molecule has 1 unspecified atom stereocenters. The van der Waals surface area contributed by atoms with E-state index in [9.17, 15) is 0 Å². The number of nitrogens with zero attached hydrogens (tertiary/aromatic N) is 2. The minimum absolute atomic E-state index is 0. The molecule has 0 fully saturated rings. The van der Waals surface area contributed by atoms with E-state index in [-0.39, 0.29) is 30.1 Å². The Hall–Kier alpha value is -2.42. The molecule has 0 saturated heterocycles. The maximum atomic E-state index is 5.93. The fraction of sp³-hybridized carbons (Fsp3) is 0.400. The zero-order valence-electron chi connectivity index (χ0n) is 19.1. The normalized spacial score (nSPS) is 16.9. The maximum Gasteiger partial charge on any atom is 0.191 e. The first-order valence-corrected chi connectivity index (χ1v) is 11.0. The van der Waals surface area contributed by atoms with Crippen molar-refractivity contribution in [2.75, 3.05) is 31.6 Å². The van der Waals surface area contributed by atoms with E-state index in [0.717, 1.165) is 42.5 Å². The number of benzene rings is 2. The monoisotopic (exact) mass is 548 g/mol. The molecule has 0 saturated carbocycles. The minimum atomic E-state index is 0. The predicted octanol–water partition coefficient (Wildman–Crippen LogP) is 4.27. The molecule has 172 valence electrons. The van der Waals surface area contributed by atoms with Crippen LogP contribution in [0.1, 0.15) is 30.5 Å². The summed E-state index contributed by atoms with van der Waals surface area (Å²) in [5, 5.41) is 6.80. The molecule has 1 atom stereocenters. The van der Waals surface area contributed by atoms with Crippen molar-refractivity contribution in [3.05, 3.63) is 65.2 Å². The van der Waals surface area contributed by atoms with Crippen LogP contribution < -0.4 is 25.0 Å². The van der Waals surface area contributed by atoms with Gasteiger partial charge in [0, 0.05) is 56.5 Å². The first-order chi connectivity index (χ1) is 15.2. The van der Waals surface area contributed by atoms with Gasteiger partial charge < -0.3 is 25.0 Å². The molecule has 2 heterocycles. The van der Waals surface area contributed by atoms with Gasteiger partial charge >= 0.3 is 0 Å². The van der Waals surface area contributed by atoms with E-state index in [1.54, 1.807) is 7.05 Å². The molecule has 0 bridgehead atoms. The zero-order chi connectivity index (χ0) is 21.6. The number of guanidine groups is 1. The van der Waals surface area contributed by atoms with Crippen LogP contribution >= 0.6 is 24.0 Å². The molecule has 4 rings (SSSR count). The molecule has 0 spiro atoms. The molecule has 2 aliphatic rings. The lowest BCUT2D eigenvalue weighted by molar-refractivity contribution is 0.254. The molecule has 2 N–H and O–H groups in total. The number of nitrogens with one attached hydrogen (secondary N) is 2. The number of hydrogen-bond donors (Lipinski definition) is 2. The first kappa shape index (κ1) is 24.2. The molecule has 7 heteroatoms. The van der Waals surface area contributed by atoms with Gasteiger partial charge in [-0.1, -0.05) is 24.3 Å². The highest BCUT2D eigenvalue weighted by Gasteiger charge is 2.22. The third-order valence-corrected chi connectivity index (χ3v) is 5.63. The van der Waals surface area contributed by atoms with Crippen LogP contribution in [0.2, 0.25) is 0 Å². The average Bonchev–Trinajstić information content (AvgIpc) is 3.43. The molecular weight excluding hydrogens is 515 g/mol. The minimum Gasteiger partial charge on any atom is -0.494 e. The molecular formula is C25H33IN4O2. The molecule has 0 amide bonds. The summed E-state index contributed by atoms with van der Waals surface area (Å²) >= 11 is 0. The van der Waals surface area contributed by atoms with Gasteiger partial charge in [0.25, 0.3) is 0 Å². The number of rotatable bonds is 7. The van der Waals surface area contributed by atoms with E-state index < -0.39 is 0 Å². The molecule has 6 nitrogen and oxygen atoms in total. The van der Waals surface area contributed by atoms with E-state index in [0.29, 0.717) is 19.7 Å². The van der Waals surface area contributed by atoms with Crippen LogP contribution in [0.5, 0.6) is 11.5 Å². The third-order valence-electron chi connectivity index (χ3n) is 5.63. The molecule has 0 aromatic heterocycles. The van der Waals surface area contributed by atoms with E-state index >= 15 is 0 Å². The largest absolute Gasteiger partial charge is 0.494 e. The van der Waals surface area contributed by atoms with Gasteiger partial charge in [0.15, 0.2) is 5.96 Å². The summed E-state index contributed by atoms with van der Waals surface area (Å²) in [5.74, 6) is 2.63. The fourth-order valence-electron chi connectivity index (χ4n) is 4.01. The number of fused-ring (bicyclic) bond motifs is 1. The predicted molar refractivity (Wildman–Crippen MR) is 142 cm³/mol. The van der Waals surface area contributed by atoms with Gasteiger partial charge in [-0.05, 0) is 43.7 Å². The van der Waals surface area contributed by atoms with E-state index in [2.05, 4.69) is 76.0 Å². The molecule has 0 radical (unpaired) electrons. The second-order valence-corrected chi connectivity index (χ2v) is 7.96. The summed E-state index contributed by atoms with van der Waals surface area (Å²) in [4.78, 5) is 6.71. The van der Waals surface area contributed by atoms with Crippen LogP contribution in [-0.4, -0.2) is 38.8 Å². The lowest BCUT2D eigenvalue weighted by Gasteiger charge is -2.18. The molecule has 0 aliphatic carbocycles. The van der Waals surface area contributed by atoms with Crippen molar-refractivity contribution in [2.24, 2.45) is 4.99 Å². The van der Waals surface area contributed by atoms with Crippen LogP contribution in [-0.2, 0) is 19.5 Å². The van der Waals surface area contributed by atoms with Crippen LogP contribution in [0.15, 0.2) is 53.5 Å². The van der Waals surface area contributed by atoms with Gasteiger partial charge in [0.2, 0.25) is 0 Å². The Morgan fingerprint density at radius 1 is 1.12 bits per heavy atom. The Morgan fingerprint density at radius 3 is 2.53 bits per heavy atom. The summed E-state index contributed by atoms with van der Waals surface area (Å²) in [6, 6.07) is 12.9. The summed E-state index contributed by atoms with van der Waals surface area (Å²) in [5.41, 5.74) is 4.76. The highest BCUT2D eigenvalue weighted by atomic mass is 127. The average molecular weight is 548 g/mol. The third kappa shape index (κ3) is 5.88. The van der Waals surface area contributed by atoms with Crippen molar-refractivity contribution in [3.8, 4) is 11.5 Å². The highest BCUT2D eigenvalue weighted by molar-refractivity contribution is 14.0. The van der Waals surface area contributed by atoms with Crippen molar-refractivity contribution < 1.29 is 9.47 Å². The van der Waals surface area contributed by atoms with Crippen molar-refractivity contribution in [1.82, 2.24) is 10.6 Å². The number of anilines is 1. The van der Waals surface area contributed by atoms with Gasteiger partial charge in [0.1, 0.15) is 17.6 Å². The van der Waals surface area contributed by atoms with Gasteiger partial charge in [0.05, 0.1) is 6.61 Å². The first-order valence-electron chi connectivity index (χ1n) is 11.0. The molecule has 2 aromatic rings. The Morgan fingerprint density at radius 2 is 1.84 bits per heavy atom. The topological polar surface area (TPSA) is 58.1 Å². The molecule has 2 aromatic carbocycles. The lowest BCUT2D eigenvalue weighted by atomic mass is 10.1. The lowest BCUT2D eigenvalue weighted by Crippen LogP contribution is -2.36. The number of ether oxygens (including phenoxy) is 2. The quantitative estimate of drug-likeness (QED) is 0.234. The Kier molecular flexibility index (Phi) is 8.67. The van der Waals surface area contributed by atoms with Gasteiger partial charge in [-0.25, -0.2) is 0 Å². The van der Waals surface area contributed by atoms with Crippen LogP contribution in [0.25, 0.3) is 0 Å². The van der Waals surface area contributed by atoms with Crippen molar-refractivity contribution in [2.45, 2.75) is 39.5 Å². The van der Waals surface area contributed by atoms with Gasteiger partial charge in [-0.15, -0.1) is 24.0 Å². The summed E-state index contributed by atoms with van der Waals surface area (Å²) in [6.07, 6.45) is 5.56. The second kappa shape index (κ2) is 11.4. The Bertz CT molecular complexity index is 951. The van der Waals surface area contributed by atoms with Crippen molar-refractivity contribution >= 4 is 35.6 Å². The second-order valence-electron chi connectivity index (χ2n) is 7.96. The van der Waals surface area contributed by atoms with Gasteiger partial charge in [-0.2, -0.15) is 0 Å². The van der Waals surface area contributed by atoms with E-state index in [4.69, 9.17) is 9.47 Å². The van der Waals surface area contributed by atoms with Crippen LogP contribution in [0.4, 0.5) is 5.69 Å². The summed E-state index contributed by atoms with van der Waals surface area (Å²) in [7, 11) is 1.79. The number of aliphatic imine (C=N–C) groups is 1. The smallest absolute Gasteiger partial charge is 0.191 e. The fourth-order valence-corrected chi connectivity index (χ4v) is 4.01. The van der Waals surface area contributed by atoms with Gasteiger partial charge in [-0.3, -0.25) is 4.99 Å². The Labute approximate surface area is 208 Å². The summed E-state index contributed by atoms with van der Waals surface area (Å²) in [6.45, 7) is 8.05.